The molecule has 0 spiro atoms. The molecule has 2 saturated carbocycles. The van der Waals surface area contributed by atoms with Gasteiger partial charge in [-0.15, -0.1) is 6.58 Å². The minimum absolute atomic E-state index is 0.0496. The molecule has 3 N–H and O–H groups in total. The van der Waals surface area contributed by atoms with Crippen LogP contribution < -0.4 is 0 Å². The van der Waals surface area contributed by atoms with Crippen molar-refractivity contribution in [1.82, 2.24) is 0 Å². The summed E-state index contributed by atoms with van der Waals surface area (Å²) < 4.78 is 6.37. The summed E-state index contributed by atoms with van der Waals surface area (Å²) in [6.07, 6.45) is 2.94. The third-order valence-electron chi connectivity index (χ3n) is 8.08. The van der Waals surface area contributed by atoms with E-state index >= 15 is 0 Å². The number of hydrogen-bond acceptors (Lipinski definition) is 4. The van der Waals surface area contributed by atoms with Gasteiger partial charge in [-0.1, -0.05) is 26.8 Å². The molecule has 8 atom stereocenters. The lowest BCUT2D eigenvalue weighted by Gasteiger charge is -2.67. The molecule has 0 amide bonds. The highest BCUT2D eigenvalue weighted by Crippen LogP contribution is 2.65. The SMILES string of the molecule is C=C[C@]1(C)O[C@@]2(C)[C@H](O)C[C@@H]3C(C)(C)[C@H](O)CC[C@@]3(C)[C@H]2C[C@@H]1O. The zero-order valence-electron chi connectivity index (χ0n) is 15.7. The van der Waals surface area contributed by atoms with Gasteiger partial charge in [-0.2, -0.15) is 0 Å². The minimum atomic E-state index is -0.834. The number of aliphatic hydroxyl groups excluding tert-OH is 3. The quantitative estimate of drug-likeness (QED) is 0.643. The summed E-state index contributed by atoms with van der Waals surface area (Å²) in [5.41, 5.74) is -1.86. The van der Waals surface area contributed by atoms with Crippen molar-refractivity contribution in [2.24, 2.45) is 22.7 Å². The van der Waals surface area contributed by atoms with Crippen LogP contribution in [0.4, 0.5) is 0 Å². The second-order valence-corrected chi connectivity index (χ2v) is 9.66. The molecule has 0 bridgehead atoms. The van der Waals surface area contributed by atoms with E-state index in [1.165, 1.54) is 0 Å². The van der Waals surface area contributed by atoms with Gasteiger partial charge in [0.25, 0.3) is 0 Å². The monoisotopic (exact) mass is 338 g/mol. The van der Waals surface area contributed by atoms with Gasteiger partial charge >= 0.3 is 0 Å². The molecule has 0 aromatic rings. The van der Waals surface area contributed by atoms with Gasteiger partial charge in [0.2, 0.25) is 0 Å². The molecule has 0 aromatic carbocycles. The van der Waals surface area contributed by atoms with E-state index in [9.17, 15) is 15.3 Å². The van der Waals surface area contributed by atoms with Crippen molar-refractivity contribution in [3.8, 4) is 0 Å². The molecule has 138 valence electrons. The molecule has 3 rings (SSSR count). The largest absolute Gasteiger partial charge is 0.393 e. The maximum absolute atomic E-state index is 11.0. The average Bonchev–Trinajstić information content (AvgIpc) is 2.50. The normalized spacial score (nSPS) is 56.9. The van der Waals surface area contributed by atoms with E-state index in [1.807, 2.05) is 13.8 Å². The van der Waals surface area contributed by atoms with Crippen LogP contribution in [0.15, 0.2) is 12.7 Å². The Morgan fingerprint density at radius 3 is 2.08 bits per heavy atom. The molecule has 0 aromatic heterocycles. The summed E-state index contributed by atoms with van der Waals surface area (Å²) in [6.45, 7) is 14.2. The summed E-state index contributed by atoms with van der Waals surface area (Å²) in [6, 6.07) is 0. The van der Waals surface area contributed by atoms with Crippen molar-refractivity contribution in [2.45, 2.75) is 89.8 Å². The van der Waals surface area contributed by atoms with Crippen molar-refractivity contribution >= 4 is 0 Å². The second kappa shape index (κ2) is 5.29. The van der Waals surface area contributed by atoms with Crippen LogP contribution >= 0.6 is 0 Å². The van der Waals surface area contributed by atoms with Crippen LogP contribution in [0.3, 0.4) is 0 Å². The predicted molar refractivity (Wildman–Crippen MR) is 93.4 cm³/mol. The number of aliphatic hydroxyl groups is 3. The fraction of sp³-hybridized carbons (Fsp3) is 0.900. The maximum atomic E-state index is 11.0. The first-order valence-electron chi connectivity index (χ1n) is 9.30. The Morgan fingerprint density at radius 2 is 1.50 bits per heavy atom. The zero-order chi connectivity index (χ0) is 18.1. The third-order valence-corrected chi connectivity index (χ3v) is 8.08. The highest BCUT2D eigenvalue weighted by molar-refractivity contribution is 5.18. The summed E-state index contributed by atoms with van der Waals surface area (Å²) in [7, 11) is 0. The molecule has 4 nitrogen and oxygen atoms in total. The molecule has 24 heavy (non-hydrogen) atoms. The van der Waals surface area contributed by atoms with Crippen LogP contribution in [-0.4, -0.2) is 44.8 Å². The van der Waals surface area contributed by atoms with Gasteiger partial charge in [0, 0.05) is 0 Å². The lowest BCUT2D eigenvalue weighted by molar-refractivity contribution is -0.318. The van der Waals surface area contributed by atoms with Crippen molar-refractivity contribution < 1.29 is 20.1 Å². The predicted octanol–water partition coefficient (Wildman–Crippen LogP) is 2.66. The van der Waals surface area contributed by atoms with Crippen molar-refractivity contribution in [3.05, 3.63) is 12.7 Å². The van der Waals surface area contributed by atoms with Gasteiger partial charge in [-0.05, 0) is 62.2 Å². The van der Waals surface area contributed by atoms with Crippen LogP contribution in [0.25, 0.3) is 0 Å². The first-order chi connectivity index (χ1) is 10.9. The topological polar surface area (TPSA) is 69.9 Å². The van der Waals surface area contributed by atoms with E-state index in [0.29, 0.717) is 12.8 Å². The molecule has 0 radical (unpaired) electrons. The molecule has 1 heterocycles. The van der Waals surface area contributed by atoms with Gasteiger partial charge in [-0.25, -0.2) is 0 Å². The first-order valence-corrected chi connectivity index (χ1v) is 9.30. The number of ether oxygens (including phenoxy) is 1. The van der Waals surface area contributed by atoms with E-state index in [-0.39, 0.29) is 28.8 Å². The first kappa shape index (κ1) is 18.4. The smallest absolute Gasteiger partial charge is 0.110 e. The Hall–Kier alpha value is -0.420. The fourth-order valence-electron chi connectivity index (χ4n) is 6.23. The minimum Gasteiger partial charge on any atom is -0.393 e. The number of hydrogen-bond donors (Lipinski definition) is 3. The van der Waals surface area contributed by atoms with E-state index in [1.54, 1.807) is 6.08 Å². The molecule has 1 aliphatic heterocycles. The zero-order valence-corrected chi connectivity index (χ0v) is 15.7. The van der Waals surface area contributed by atoms with Crippen molar-refractivity contribution in [1.29, 1.82) is 0 Å². The van der Waals surface area contributed by atoms with Gasteiger partial charge in [0.05, 0.1) is 23.9 Å². The molecule has 0 unspecified atom stereocenters. The number of rotatable bonds is 1. The molecular formula is C20H34O4. The molecule has 2 aliphatic carbocycles. The third kappa shape index (κ3) is 2.19. The Morgan fingerprint density at radius 1 is 0.917 bits per heavy atom. The van der Waals surface area contributed by atoms with Gasteiger partial charge in [0.15, 0.2) is 0 Å². The Balaban J connectivity index is 2.05. The van der Waals surface area contributed by atoms with Crippen molar-refractivity contribution in [2.75, 3.05) is 0 Å². The summed E-state index contributed by atoms with van der Waals surface area (Å²) in [5, 5.41) is 32.3. The van der Waals surface area contributed by atoms with Gasteiger partial charge < -0.3 is 20.1 Å². The van der Waals surface area contributed by atoms with Crippen LogP contribution in [-0.2, 0) is 4.74 Å². The van der Waals surface area contributed by atoms with Crippen molar-refractivity contribution in [3.63, 3.8) is 0 Å². The average molecular weight is 338 g/mol. The Labute approximate surface area is 145 Å². The number of fused-ring (bicyclic) bond motifs is 3. The fourth-order valence-corrected chi connectivity index (χ4v) is 6.23. The van der Waals surface area contributed by atoms with Crippen LogP contribution in [0, 0.1) is 22.7 Å². The molecular weight excluding hydrogens is 304 g/mol. The van der Waals surface area contributed by atoms with Gasteiger partial charge in [-0.3, -0.25) is 0 Å². The van der Waals surface area contributed by atoms with Crippen LogP contribution in [0.5, 0.6) is 0 Å². The highest BCUT2D eigenvalue weighted by atomic mass is 16.5. The van der Waals surface area contributed by atoms with E-state index in [2.05, 4.69) is 27.4 Å². The second-order valence-electron chi connectivity index (χ2n) is 9.66. The maximum Gasteiger partial charge on any atom is 0.110 e. The lowest BCUT2D eigenvalue weighted by Crippen LogP contribution is -2.71. The Bertz CT molecular complexity index is 532. The standard InChI is InChI=1S/C20H34O4/c1-7-19(5)15(22)11-13-18(4)9-8-14(21)17(2,3)12(18)10-16(23)20(13,6)24-19/h7,12-16,21-23H,1,8-11H2,2-6H3/t12-,13-,14-,15+,16-,18-,19+,20-/m1/s1. The molecule has 4 heteroatoms. The summed E-state index contributed by atoms with van der Waals surface area (Å²) in [5.74, 6) is 0.249. The Kier molecular flexibility index (Phi) is 4.05. The summed E-state index contributed by atoms with van der Waals surface area (Å²) >= 11 is 0. The molecule has 1 saturated heterocycles. The van der Waals surface area contributed by atoms with E-state index < -0.39 is 23.4 Å². The van der Waals surface area contributed by atoms with Crippen LogP contribution in [0.2, 0.25) is 0 Å². The lowest BCUT2D eigenvalue weighted by atomic mass is 9.43. The molecule has 3 fully saturated rings. The van der Waals surface area contributed by atoms with E-state index in [0.717, 1.165) is 12.8 Å². The highest BCUT2D eigenvalue weighted by Gasteiger charge is 2.67. The summed E-state index contributed by atoms with van der Waals surface area (Å²) in [4.78, 5) is 0. The molecule has 3 aliphatic rings. The van der Waals surface area contributed by atoms with E-state index in [4.69, 9.17) is 4.74 Å². The van der Waals surface area contributed by atoms with Gasteiger partial charge in [0.1, 0.15) is 5.60 Å². The van der Waals surface area contributed by atoms with Crippen LogP contribution in [0.1, 0.15) is 60.3 Å².